The van der Waals surface area contributed by atoms with Gasteiger partial charge in [0.05, 0.1) is 30.7 Å². The molecule has 148 valence electrons. The van der Waals surface area contributed by atoms with E-state index in [0.29, 0.717) is 0 Å². The highest BCUT2D eigenvalue weighted by Crippen LogP contribution is 2.35. The average molecular weight is 417 g/mol. The van der Waals surface area contributed by atoms with E-state index < -0.39 is 9.84 Å². The van der Waals surface area contributed by atoms with E-state index in [0.717, 1.165) is 35.2 Å². The summed E-state index contributed by atoms with van der Waals surface area (Å²) in [6.07, 6.45) is 2.09. The standard InChI is InChI=1S/C21H24N2O3S2/c1-26-18-11-9-17(10-12-18)23-20-15-28(24,25)14-19(20)22-21(23)27-13-5-8-16-6-3-2-4-7-16/h2-4,6-7,9-12,19-20H,5,8,13-15H2,1H3/t19-,20-/m0/s1. The number of amidine groups is 1. The van der Waals surface area contributed by atoms with Gasteiger partial charge >= 0.3 is 0 Å². The van der Waals surface area contributed by atoms with E-state index in [1.165, 1.54) is 5.56 Å². The normalized spacial score (nSPS) is 22.8. The van der Waals surface area contributed by atoms with E-state index in [9.17, 15) is 8.42 Å². The predicted octanol–water partition coefficient (Wildman–Crippen LogP) is 3.40. The maximum atomic E-state index is 12.1. The summed E-state index contributed by atoms with van der Waals surface area (Å²) in [5, 5.41) is 0.933. The van der Waals surface area contributed by atoms with Crippen molar-refractivity contribution in [1.82, 2.24) is 0 Å². The number of anilines is 1. The van der Waals surface area contributed by atoms with Crippen LogP contribution in [0.5, 0.6) is 5.75 Å². The van der Waals surface area contributed by atoms with E-state index in [4.69, 9.17) is 9.73 Å². The summed E-state index contributed by atoms with van der Waals surface area (Å²) in [4.78, 5) is 6.90. The van der Waals surface area contributed by atoms with Crippen LogP contribution >= 0.6 is 11.8 Å². The van der Waals surface area contributed by atoms with Crippen LogP contribution in [0, 0.1) is 0 Å². The van der Waals surface area contributed by atoms with Crippen molar-refractivity contribution in [2.75, 3.05) is 29.3 Å². The Morgan fingerprint density at radius 2 is 1.86 bits per heavy atom. The number of aliphatic imine (C=N–C) groups is 1. The van der Waals surface area contributed by atoms with Gasteiger partial charge in [-0.05, 0) is 42.7 Å². The Morgan fingerprint density at radius 3 is 2.57 bits per heavy atom. The molecule has 0 amide bonds. The monoisotopic (exact) mass is 416 g/mol. The van der Waals surface area contributed by atoms with E-state index in [1.807, 2.05) is 30.3 Å². The summed E-state index contributed by atoms with van der Waals surface area (Å²) in [5.41, 5.74) is 2.31. The zero-order chi connectivity index (χ0) is 19.6. The van der Waals surface area contributed by atoms with Crippen LogP contribution in [0.4, 0.5) is 5.69 Å². The quantitative estimate of drug-likeness (QED) is 0.676. The van der Waals surface area contributed by atoms with Crippen molar-refractivity contribution < 1.29 is 13.2 Å². The number of fused-ring (bicyclic) bond motifs is 1. The van der Waals surface area contributed by atoms with Gasteiger partial charge in [0.2, 0.25) is 0 Å². The van der Waals surface area contributed by atoms with Crippen molar-refractivity contribution >= 4 is 32.5 Å². The second-order valence-electron chi connectivity index (χ2n) is 7.13. The molecule has 2 aliphatic rings. The molecule has 0 radical (unpaired) electrons. The van der Waals surface area contributed by atoms with Crippen LogP contribution in [0.15, 0.2) is 59.6 Å². The van der Waals surface area contributed by atoms with E-state index in [2.05, 4.69) is 29.2 Å². The Kier molecular flexibility index (Phi) is 5.64. The molecule has 0 saturated carbocycles. The van der Waals surface area contributed by atoms with Gasteiger partial charge in [0, 0.05) is 11.4 Å². The zero-order valence-corrected chi connectivity index (χ0v) is 17.5. The molecule has 2 aromatic carbocycles. The summed E-state index contributed by atoms with van der Waals surface area (Å²) in [5.74, 6) is 2.05. The van der Waals surface area contributed by atoms with Crippen molar-refractivity contribution in [3.8, 4) is 5.75 Å². The first-order valence-electron chi connectivity index (χ1n) is 9.44. The average Bonchev–Trinajstić information content (AvgIpc) is 3.17. The van der Waals surface area contributed by atoms with Gasteiger partial charge in [-0.1, -0.05) is 42.1 Å². The van der Waals surface area contributed by atoms with Crippen LogP contribution in [-0.2, 0) is 16.3 Å². The van der Waals surface area contributed by atoms with E-state index in [1.54, 1.807) is 18.9 Å². The molecule has 0 N–H and O–H groups in total. The molecule has 4 rings (SSSR count). The minimum absolute atomic E-state index is 0.102. The number of rotatable bonds is 6. The molecule has 2 atom stereocenters. The number of hydrogen-bond acceptors (Lipinski definition) is 6. The summed E-state index contributed by atoms with van der Waals surface area (Å²) < 4.78 is 29.5. The lowest BCUT2D eigenvalue weighted by Gasteiger charge is -2.26. The third-order valence-corrected chi connectivity index (χ3v) is 7.89. The fourth-order valence-electron chi connectivity index (χ4n) is 3.76. The smallest absolute Gasteiger partial charge is 0.164 e. The molecule has 0 spiro atoms. The van der Waals surface area contributed by atoms with Gasteiger partial charge in [0.25, 0.3) is 0 Å². The molecule has 0 aliphatic carbocycles. The number of sulfone groups is 1. The van der Waals surface area contributed by atoms with Gasteiger partial charge in [0.15, 0.2) is 15.0 Å². The molecule has 0 bridgehead atoms. The van der Waals surface area contributed by atoms with Crippen molar-refractivity contribution in [3.63, 3.8) is 0 Å². The summed E-state index contributed by atoms with van der Waals surface area (Å²) in [7, 11) is -1.39. The Hall–Kier alpha value is -1.99. The summed E-state index contributed by atoms with van der Waals surface area (Å²) in [6.45, 7) is 0. The van der Waals surface area contributed by atoms with Gasteiger partial charge in [-0.15, -0.1) is 0 Å². The molecule has 1 saturated heterocycles. The van der Waals surface area contributed by atoms with Crippen molar-refractivity contribution in [3.05, 3.63) is 60.2 Å². The SMILES string of the molecule is COc1ccc(N2C(SCCCc3ccccc3)=N[C@H]3CS(=O)(=O)C[C@@H]32)cc1. The van der Waals surface area contributed by atoms with Crippen LogP contribution in [0.25, 0.3) is 0 Å². The zero-order valence-electron chi connectivity index (χ0n) is 15.8. The Balaban J connectivity index is 1.47. The number of benzene rings is 2. The molecule has 2 aliphatic heterocycles. The Bertz CT molecular complexity index is 943. The lowest BCUT2D eigenvalue weighted by Crippen LogP contribution is -2.39. The highest BCUT2D eigenvalue weighted by atomic mass is 32.2. The second-order valence-corrected chi connectivity index (χ2v) is 10.3. The Morgan fingerprint density at radius 1 is 1.11 bits per heavy atom. The number of hydrogen-bond donors (Lipinski definition) is 0. The maximum absolute atomic E-state index is 12.1. The molecule has 7 heteroatoms. The lowest BCUT2D eigenvalue weighted by molar-refractivity contribution is 0.415. The largest absolute Gasteiger partial charge is 0.497 e. The van der Waals surface area contributed by atoms with Crippen molar-refractivity contribution in [2.45, 2.75) is 24.9 Å². The molecule has 0 aromatic heterocycles. The first kappa shape index (κ1) is 19.3. The molecular weight excluding hydrogens is 392 g/mol. The highest BCUT2D eigenvalue weighted by Gasteiger charge is 2.47. The van der Waals surface area contributed by atoms with Gasteiger partial charge in [-0.3, -0.25) is 4.99 Å². The van der Waals surface area contributed by atoms with E-state index >= 15 is 0 Å². The summed E-state index contributed by atoms with van der Waals surface area (Å²) in [6, 6.07) is 18.0. The summed E-state index contributed by atoms with van der Waals surface area (Å²) >= 11 is 1.72. The molecule has 2 aromatic rings. The second kappa shape index (κ2) is 8.17. The number of methoxy groups -OCH3 is 1. The molecule has 28 heavy (non-hydrogen) atoms. The van der Waals surface area contributed by atoms with Crippen molar-refractivity contribution in [2.24, 2.45) is 4.99 Å². The van der Waals surface area contributed by atoms with Crippen LogP contribution in [0.3, 0.4) is 0 Å². The molecule has 2 heterocycles. The first-order chi connectivity index (χ1) is 13.6. The van der Waals surface area contributed by atoms with Gasteiger partial charge in [0.1, 0.15) is 5.75 Å². The number of ether oxygens (including phenoxy) is 1. The number of aryl methyl sites for hydroxylation is 1. The third-order valence-electron chi connectivity index (χ3n) is 5.14. The van der Waals surface area contributed by atoms with Gasteiger partial charge < -0.3 is 9.64 Å². The molecular formula is C21H24N2O3S2. The minimum atomic E-state index is -3.03. The predicted molar refractivity (Wildman–Crippen MR) is 116 cm³/mol. The van der Waals surface area contributed by atoms with Crippen LogP contribution in [0.2, 0.25) is 0 Å². The number of thioether (sulfide) groups is 1. The number of nitrogens with zero attached hydrogens (tertiary/aromatic N) is 2. The first-order valence-corrected chi connectivity index (χ1v) is 12.2. The van der Waals surface area contributed by atoms with Crippen LogP contribution in [-0.4, -0.2) is 50.0 Å². The van der Waals surface area contributed by atoms with Crippen LogP contribution in [0.1, 0.15) is 12.0 Å². The molecule has 0 unspecified atom stereocenters. The molecule has 5 nitrogen and oxygen atoms in total. The fourth-order valence-corrected chi connectivity index (χ4v) is 6.67. The van der Waals surface area contributed by atoms with Gasteiger partial charge in [-0.25, -0.2) is 8.42 Å². The third kappa shape index (κ3) is 4.20. The Labute approximate surface area is 170 Å². The van der Waals surface area contributed by atoms with E-state index in [-0.39, 0.29) is 23.6 Å². The van der Waals surface area contributed by atoms with Crippen LogP contribution < -0.4 is 9.64 Å². The lowest BCUT2D eigenvalue weighted by atomic mass is 10.1. The fraction of sp³-hybridized carbons (Fsp3) is 0.381. The molecule has 1 fully saturated rings. The highest BCUT2D eigenvalue weighted by molar-refractivity contribution is 8.14. The maximum Gasteiger partial charge on any atom is 0.164 e. The van der Waals surface area contributed by atoms with Crippen molar-refractivity contribution in [1.29, 1.82) is 0 Å². The minimum Gasteiger partial charge on any atom is -0.497 e. The topological polar surface area (TPSA) is 59.0 Å². The van der Waals surface area contributed by atoms with Gasteiger partial charge in [-0.2, -0.15) is 0 Å².